The van der Waals surface area contributed by atoms with Crippen LogP contribution in [0.4, 0.5) is 5.69 Å². The van der Waals surface area contributed by atoms with Gasteiger partial charge in [-0.15, -0.1) is 0 Å². The molecule has 0 bridgehead atoms. The molecule has 2 heterocycles. The molecule has 2 amide bonds. The van der Waals surface area contributed by atoms with Crippen molar-refractivity contribution < 1.29 is 22.7 Å². The van der Waals surface area contributed by atoms with Crippen molar-refractivity contribution in [3.63, 3.8) is 0 Å². The van der Waals surface area contributed by atoms with E-state index < -0.39 is 16.1 Å². The minimum Gasteiger partial charge on any atom is -0.478 e. The average molecular weight is 458 g/mol. The molecular weight excluding hydrogens is 430 g/mol. The zero-order valence-corrected chi connectivity index (χ0v) is 19.2. The summed E-state index contributed by atoms with van der Waals surface area (Å²) in [4.78, 5) is 26.7. The highest BCUT2D eigenvalue weighted by molar-refractivity contribution is 7.89. The van der Waals surface area contributed by atoms with Gasteiger partial charge < -0.3 is 15.0 Å². The van der Waals surface area contributed by atoms with Gasteiger partial charge in [-0.3, -0.25) is 9.59 Å². The summed E-state index contributed by atoms with van der Waals surface area (Å²) in [7, 11) is -3.77. The van der Waals surface area contributed by atoms with Crippen molar-refractivity contribution in [3.05, 3.63) is 53.1 Å². The zero-order valence-electron chi connectivity index (χ0n) is 18.4. The standard InChI is InChI=1S/C23H27N3O5S/c1-4-20-22(27)24-19-14-18(5-6-21(19)31-20)32(29,30)26-9-7-25(8-10-26)23(28)17-12-15(2)11-16(3)13-17/h5-6,11-14,20H,4,7-10H2,1-3H3,(H,24,27)/t20-/m0/s1. The van der Waals surface area contributed by atoms with Gasteiger partial charge in [-0.05, 0) is 50.6 Å². The predicted octanol–water partition coefficient (Wildman–Crippen LogP) is 2.56. The van der Waals surface area contributed by atoms with Gasteiger partial charge in [-0.2, -0.15) is 4.31 Å². The van der Waals surface area contributed by atoms with Crippen LogP contribution in [0.15, 0.2) is 41.3 Å². The van der Waals surface area contributed by atoms with Crippen LogP contribution in [-0.2, 0) is 14.8 Å². The number of anilines is 1. The molecule has 4 rings (SSSR count). The number of carbonyl (C=O) groups is 2. The van der Waals surface area contributed by atoms with Gasteiger partial charge in [0.2, 0.25) is 10.0 Å². The van der Waals surface area contributed by atoms with E-state index in [0.717, 1.165) is 11.1 Å². The third kappa shape index (κ3) is 4.22. The van der Waals surface area contributed by atoms with E-state index in [1.54, 1.807) is 11.0 Å². The first-order valence-corrected chi connectivity index (χ1v) is 12.1. The Bertz CT molecular complexity index is 1150. The predicted molar refractivity (Wildman–Crippen MR) is 120 cm³/mol. The molecule has 170 valence electrons. The molecule has 32 heavy (non-hydrogen) atoms. The maximum Gasteiger partial charge on any atom is 0.265 e. The molecule has 2 aromatic carbocycles. The summed E-state index contributed by atoms with van der Waals surface area (Å²) < 4.78 is 33.4. The zero-order chi connectivity index (χ0) is 23.0. The number of rotatable bonds is 4. The summed E-state index contributed by atoms with van der Waals surface area (Å²) >= 11 is 0. The summed E-state index contributed by atoms with van der Waals surface area (Å²) in [6.07, 6.45) is -0.0519. The summed E-state index contributed by atoms with van der Waals surface area (Å²) in [5.74, 6) is 0.0836. The number of amides is 2. The SMILES string of the molecule is CC[C@@H]1Oc2ccc(S(=O)(=O)N3CCN(C(=O)c4cc(C)cc(C)c4)CC3)cc2NC1=O. The molecular formula is C23H27N3O5S. The van der Waals surface area contributed by atoms with E-state index in [2.05, 4.69) is 5.32 Å². The summed E-state index contributed by atoms with van der Waals surface area (Å²) in [5.41, 5.74) is 3.01. The quantitative estimate of drug-likeness (QED) is 0.761. The largest absolute Gasteiger partial charge is 0.478 e. The molecule has 8 nitrogen and oxygen atoms in total. The number of fused-ring (bicyclic) bond motifs is 1. The number of piperazine rings is 1. The molecule has 2 aliphatic rings. The topological polar surface area (TPSA) is 96.0 Å². The second kappa shape index (κ2) is 8.55. The van der Waals surface area contributed by atoms with E-state index >= 15 is 0 Å². The first-order chi connectivity index (χ1) is 15.2. The Kier molecular flexibility index (Phi) is 5.96. The molecule has 1 fully saturated rings. The van der Waals surface area contributed by atoms with Crippen LogP contribution in [0, 0.1) is 13.8 Å². The fourth-order valence-electron chi connectivity index (χ4n) is 4.12. The number of sulfonamides is 1. The van der Waals surface area contributed by atoms with E-state index in [1.165, 1.54) is 16.4 Å². The van der Waals surface area contributed by atoms with E-state index in [0.29, 0.717) is 36.5 Å². The summed E-state index contributed by atoms with van der Waals surface area (Å²) in [6, 6.07) is 10.2. The number of carbonyl (C=O) groups excluding carboxylic acids is 2. The normalized spacial score (nSPS) is 19.2. The van der Waals surface area contributed by atoms with E-state index in [9.17, 15) is 18.0 Å². The number of hydrogen-bond donors (Lipinski definition) is 1. The Labute approximate surface area is 188 Å². The molecule has 0 spiro atoms. The van der Waals surface area contributed by atoms with Gasteiger partial charge in [0.15, 0.2) is 6.10 Å². The van der Waals surface area contributed by atoms with Crippen molar-refractivity contribution in [2.24, 2.45) is 0 Å². The fraction of sp³-hybridized carbons (Fsp3) is 0.391. The second-order valence-electron chi connectivity index (χ2n) is 8.23. The Balaban J connectivity index is 1.47. The fourth-order valence-corrected chi connectivity index (χ4v) is 5.57. The van der Waals surface area contributed by atoms with E-state index in [1.807, 2.05) is 39.0 Å². The van der Waals surface area contributed by atoms with E-state index in [4.69, 9.17) is 4.74 Å². The summed E-state index contributed by atoms with van der Waals surface area (Å²) in [6.45, 7) is 6.78. The number of ether oxygens (including phenoxy) is 1. The van der Waals surface area contributed by atoms with Gasteiger partial charge >= 0.3 is 0 Å². The monoisotopic (exact) mass is 457 g/mol. The van der Waals surface area contributed by atoms with Crippen molar-refractivity contribution in [3.8, 4) is 5.75 Å². The maximum absolute atomic E-state index is 13.2. The molecule has 0 aromatic heterocycles. The minimum absolute atomic E-state index is 0.0872. The molecule has 1 N–H and O–H groups in total. The molecule has 0 radical (unpaired) electrons. The number of nitrogens with one attached hydrogen (secondary N) is 1. The van der Waals surface area contributed by atoms with E-state index in [-0.39, 0.29) is 29.8 Å². The molecule has 2 aromatic rings. The highest BCUT2D eigenvalue weighted by Crippen LogP contribution is 2.33. The molecule has 0 unspecified atom stereocenters. The minimum atomic E-state index is -3.77. The second-order valence-corrected chi connectivity index (χ2v) is 10.2. The maximum atomic E-state index is 13.2. The lowest BCUT2D eigenvalue weighted by molar-refractivity contribution is -0.123. The van der Waals surface area contributed by atoms with Crippen molar-refractivity contribution in [2.45, 2.75) is 38.2 Å². The van der Waals surface area contributed by atoms with Gasteiger partial charge in [0.05, 0.1) is 10.6 Å². The third-order valence-corrected chi connectivity index (χ3v) is 7.67. The Morgan fingerprint density at radius 3 is 2.34 bits per heavy atom. The lowest BCUT2D eigenvalue weighted by Gasteiger charge is -2.34. The molecule has 9 heteroatoms. The first-order valence-electron chi connectivity index (χ1n) is 10.7. The van der Waals surface area contributed by atoms with Crippen LogP contribution < -0.4 is 10.1 Å². The van der Waals surface area contributed by atoms with Crippen LogP contribution in [-0.4, -0.2) is 61.7 Å². The Hall–Kier alpha value is -2.91. The highest BCUT2D eigenvalue weighted by Gasteiger charge is 2.32. The number of nitrogens with zero attached hydrogens (tertiary/aromatic N) is 2. The Morgan fingerprint density at radius 2 is 1.72 bits per heavy atom. The number of aryl methyl sites for hydroxylation is 2. The summed E-state index contributed by atoms with van der Waals surface area (Å²) in [5, 5.41) is 2.73. The molecule has 2 aliphatic heterocycles. The van der Waals surface area contributed by atoms with Gasteiger partial charge in [0, 0.05) is 31.7 Å². The van der Waals surface area contributed by atoms with Crippen LogP contribution in [0.2, 0.25) is 0 Å². The lowest BCUT2D eigenvalue weighted by atomic mass is 10.1. The average Bonchev–Trinajstić information content (AvgIpc) is 2.77. The number of benzene rings is 2. The molecule has 0 saturated carbocycles. The van der Waals surface area contributed by atoms with Crippen LogP contribution in [0.3, 0.4) is 0 Å². The smallest absolute Gasteiger partial charge is 0.265 e. The van der Waals surface area contributed by atoms with Gasteiger partial charge in [-0.1, -0.05) is 24.1 Å². The van der Waals surface area contributed by atoms with Crippen molar-refractivity contribution in [2.75, 3.05) is 31.5 Å². The van der Waals surface area contributed by atoms with Crippen molar-refractivity contribution >= 4 is 27.5 Å². The molecule has 1 atom stereocenters. The molecule has 0 aliphatic carbocycles. The van der Waals surface area contributed by atoms with Crippen LogP contribution >= 0.6 is 0 Å². The van der Waals surface area contributed by atoms with Crippen molar-refractivity contribution in [1.82, 2.24) is 9.21 Å². The highest BCUT2D eigenvalue weighted by atomic mass is 32.2. The Morgan fingerprint density at radius 1 is 1.06 bits per heavy atom. The van der Waals surface area contributed by atoms with Gasteiger partial charge in [0.1, 0.15) is 5.75 Å². The van der Waals surface area contributed by atoms with Gasteiger partial charge in [-0.25, -0.2) is 8.42 Å². The van der Waals surface area contributed by atoms with Crippen molar-refractivity contribution in [1.29, 1.82) is 0 Å². The van der Waals surface area contributed by atoms with Crippen LogP contribution in [0.25, 0.3) is 0 Å². The number of hydrogen-bond acceptors (Lipinski definition) is 5. The molecule has 1 saturated heterocycles. The first kappa shape index (κ1) is 22.3. The lowest BCUT2D eigenvalue weighted by Crippen LogP contribution is -2.50. The van der Waals surface area contributed by atoms with Crippen LogP contribution in [0.1, 0.15) is 34.8 Å². The third-order valence-electron chi connectivity index (χ3n) is 5.77. The van der Waals surface area contributed by atoms with Crippen LogP contribution in [0.5, 0.6) is 5.75 Å². The van der Waals surface area contributed by atoms with Gasteiger partial charge in [0.25, 0.3) is 11.8 Å².